The Morgan fingerprint density at radius 3 is 2.41 bits per heavy atom. The lowest BCUT2D eigenvalue weighted by Crippen LogP contribution is -2.47. The topological polar surface area (TPSA) is 95.7 Å². The van der Waals surface area contributed by atoms with Crippen molar-refractivity contribution in [2.24, 2.45) is 5.92 Å². The number of hydrogen-bond acceptors (Lipinski definition) is 7. The number of ether oxygens (including phenoxy) is 1. The zero-order chi connectivity index (χ0) is 27.5. The molecule has 1 aliphatic carbocycles. The van der Waals surface area contributed by atoms with Crippen molar-refractivity contribution in [1.29, 1.82) is 0 Å². The third-order valence-corrected chi connectivity index (χ3v) is 14.2. The van der Waals surface area contributed by atoms with Crippen molar-refractivity contribution in [3.05, 3.63) is 53.4 Å². The minimum absolute atomic E-state index is 0.0113. The summed E-state index contributed by atoms with van der Waals surface area (Å²) in [6, 6.07) is 10.8. The highest BCUT2D eigenvalue weighted by Gasteiger charge is 2.45. The van der Waals surface area contributed by atoms with Crippen LogP contribution in [0.15, 0.2) is 40.9 Å². The van der Waals surface area contributed by atoms with E-state index in [0.717, 1.165) is 24.7 Å². The molecule has 0 aliphatic heterocycles. The second kappa shape index (κ2) is 11.1. The van der Waals surface area contributed by atoms with Crippen LogP contribution in [-0.4, -0.2) is 45.0 Å². The van der Waals surface area contributed by atoms with Gasteiger partial charge in [0, 0.05) is 24.3 Å². The predicted molar refractivity (Wildman–Crippen MR) is 146 cm³/mol. The molecule has 1 heterocycles. The van der Waals surface area contributed by atoms with Gasteiger partial charge in [-0.15, -0.1) is 0 Å². The van der Waals surface area contributed by atoms with Crippen LogP contribution >= 0.6 is 0 Å². The molecule has 1 saturated carbocycles. The highest BCUT2D eigenvalue weighted by atomic mass is 32.2. The fraction of sp³-hybridized carbons (Fsp3) is 0.571. The quantitative estimate of drug-likeness (QED) is 0.239. The van der Waals surface area contributed by atoms with Gasteiger partial charge in [0.2, 0.25) is 5.76 Å². The Balaban J connectivity index is 1.54. The molecule has 1 aromatic heterocycles. The molecule has 7 nitrogen and oxygen atoms in total. The standard InChI is InChI=1S/C28H39NO6SSi/c1-27(2,3)37(6,7)35-25-17-22(18-25)13-14-24-19-23(29-34-24)15-16-28(4,36(5,31)32)26(30)33-20-21-11-9-8-10-12-21/h8-12,19,22,25H,15-18,20H2,1-7H3/t22?,25?,28-/m1/s1. The number of rotatable bonds is 9. The Morgan fingerprint density at radius 2 is 1.81 bits per heavy atom. The fourth-order valence-electron chi connectivity index (χ4n) is 3.72. The molecule has 37 heavy (non-hydrogen) atoms. The number of sulfone groups is 1. The first-order valence-corrected chi connectivity index (χ1v) is 17.5. The average Bonchev–Trinajstić information content (AvgIpc) is 3.24. The summed E-state index contributed by atoms with van der Waals surface area (Å²) in [5, 5.41) is 4.21. The van der Waals surface area contributed by atoms with Crippen molar-refractivity contribution in [1.82, 2.24) is 5.16 Å². The first-order valence-electron chi connectivity index (χ1n) is 12.7. The number of hydrogen-bond donors (Lipinski definition) is 0. The van der Waals surface area contributed by atoms with E-state index in [9.17, 15) is 13.2 Å². The van der Waals surface area contributed by atoms with Crippen LogP contribution < -0.4 is 0 Å². The summed E-state index contributed by atoms with van der Waals surface area (Å²) in [7, 11) is -5.52. The van der Waals surface area contributed by atoms with Crippen LogP contribution in [0.5, 0.6) is 0 Å². The monoisotopic (exact) mass is 545 g/mol. The minimum Gasteiger partial charge on any atom is -0.460 e. The van der Waals surface area contributed by atoms with Crippen LogP contribution in [-0.2, 0) is 36.8 Å². The van der Waals surface area contributed by atoms with Gasteiger partial charge in [0.1, 0.15) is 6.61 Å². The van der Waals surface area contributed by atoms with Gasteiger partial charge in [-0.05, 0) is 62.2 Å². The maximum Gasteiger partial charge on any atom is 0.327 e. The van der Waals surface area contributed by atoms with Crippen molar-refractivity contribution in [2.45, 2.75) is 89.0 Å². The van der Waals surface area contributed by atoms with Crippen molar-refractivity contribution in [3.8, 4) is 11.8 Å². The van der Waals surface area contributed by atoms with E-state index >= 15 is 0 Å². The van der Waals surface area contributed by atoms with E-state index in [-0.39, 0.29) is 36.5 Å². The molecule has 1 atom stereocenters. The Hall–Kier alpha value is -2.41. The number of carbonyl (C=O) groups is 1. The first-order chi connectivity index (χ1) is 17.1. The van der Waals surface area contributed by atoms with E-state index in [4.69, 9.17) is 13.7 Å². The van der Waals surface area contributed by atoms with Crippen molar-refractivity contribution in [3.63, 3.8) is 0 Å². The SMILES string of the molecule is CC(C)(C)[Si](C)(C)OC1CC(C#Cc2cc(CC[C@](C)(C(=O)OCc3ccccc3)S(C)(=O)=O)no2)C1. The summed E-state index contributed by atoms with van der Waals surface area (Å²) in [5.74, 6) is 6.18. The number of nitrogens with zero attached hydrogens (tertiary/aromatic N) is 1. The highest BCUT2D eigenvalue weighted by molar-refractivity contribution is 7.92. The lowest BCUT2D eigenvalue weighted by molar-refractivity contribution is -0.147. The molecule has 0 N–H and O–H groups in total. The van der Waals surface area contributed by atoms with E-state index in [2.05, 4.69) is 50.9 Å². The summed E-state index contributed by atoms with van der Waals surface area (Å²) in [5.41, 5.74) is 1.33. The van der Waals surface area contributed by atoms with Gasteiger partial charge in [-0.25, -0.2) is 8.42 Å². The summed E-state index contributed by atoms with van der Waals surface area (Å²) >= 11 is 0. The van der Waals surface area contributed by atoms with Gasteiger partial charge in [0.15, 0.2) is 22.9 Å². The Labute approximate surface area is 222 Å². The molecule has 0 spiro atoms. The fourth-order valence-corrected chi connectivity index (χ4v) is 5.93. The highest BCUT2D eigenvalue weighted by Crippen LogP contribution is 2.41. The molecule has 0 saturated heterocycles. The molecular formula is C28H39NO6SSi. The second-order valence-corrected chi connectivity index (χ2v) is 18.9. The molecule has 0 radical (unpaired) electrons. The smallest absolute Gasteiger partial charge is 0.327 e. The molecule has 1 aliphatic rings. The molecule has 1 aromatic carbocycles. The van der Waals surface area contributed by atoms with Gasteiger partial charge in [-0.3, -0.25) is 4.79 Å². The van der Waals surface area contributed by atoms with E-state index in [1.54, 1.807) is 6.07 Å². The lowest BCUT2D eigenvalue weighted by Gasteiger charge is -2.43. The van der Waals surface area contributed by atoms with Crippen LogP contribution in [0, 0.1) is 17.8 Å². The van der Waals surface area contributed by atoms with Crippen LogP contribution in [0.25, 0.3) is 0 Å². The largest absolute Gasteiger partial charge is 0.460 e. The Morgan fingerprint density at radius 1 is 1.16 bits per heavy atom. The van der Waals surface area contributed by atoms with Gasteiger partial charge >= 0.3 is 5.97 Å². The summed E-state index contributed by atoms with van der Waals surface area (Å²) in [6.07, 6.45) is 3.41. The molecular weight excluding hydrogens is 506 g/mol. The van der Waals surface area contributed by atoms with E-state index in [1.807, 2.05) is 30.3 Å². The molecule has 9 heteroatoms. The third-order valence-electron chi connectivity index (χ3n) is 7.64. The molecule has 1 fully saturated rings. The maximum absolute atomic E-state index is 12.8. The number of carbonyl (C=O) groups excluding carboxylic acids is 1. The van der Waals surface area contributed by atoms with Crippen molar-refractivity contribution < 1.29 is 26.9 Å². The Kier molecular flexibility index (Phi) is 8.77. The first kappa shape index (κ1) is 29.1. The van der Waals surface area contributed by atoms with Gasteiger partial charge in [0.05, 0.1) is 5.69 Å². The summed E-state index contributed by atoms with van der Waals surface area (Å²) < 4.78 is 40.5. The van der Waals surface area contributed by atoms with E-state index in [0.29, 0.717) is 11.5 Å². The summed E-state index contributed by atoms with van der Waals surface area (Å²) in [6.45, 7) is 12.7. The average molecular weight is 546 g/mol. The molecule has 3 rings (SSSR count). The number of aryl methyl sites for hydroxylation is 1. The zero-order valence-corrected chi connectivity index (χ0v) is 24.8. The normalized spacial score (nSPS) is 19.8. The Bertz CT molecular complexity index is 1250. The molecule has 0 unspecified atom stereocenters. The number of benzene rings is 1. The van der Waals surface area contributed by atoms with E-state index in [1.165, 1.54) is 6.92 Å². The predicted octanol–water partition coefficient (Wildman–Crippen LogP) is 5.31. The van der Waals surface area contributed by atoms with Crippen LogP contribution in [0.4, 0.5) is 0 Å². The van der Waals surface area contributed by atoms with Gasteiger partial charge < -0.3 is 13.7 Å². The number of aromatic nitrogens is 1. The molecule has 0 amide bonds. The van der Waals surface area contributed by atoms with Gasteiger partial charge in [-0.1, -0.05) is 62.2 Å². The van der Waals surface area contributed by atoms with Crippen LogP contribution in [0.1, 0.15) is 64.0 Å². The van der Waals surface area contributed by atoms with Crippen LogP contribution in [0.3, 0.4) is 0 Å². The van der Waals surface area contributed by atoms with E-state index < -0.39 is 28.9 Å². The number of esters is 1. The van der Waals surface area contributed by atoms with Crippen molar-refractivity contribution >= 4 is 24.1 Å². The maximum atomic E-state index is 12.8. The van der Waals surface area contributed by atoms with Crippen LogP contribution in [0.2, 0.25) is 18.1 Å². The molecule has 2 aromatic rings. The van der Waals surface area contributed by atoms with Gasteiger partial charge in [0.25, 0.3) is 0 Å². The van der Waals surface area contributed by atoms with Gasteiger partial charge in [-0.2, -0.15) is 0 Å². The lowest BCUT2D eigenvalue weighted by atomic mass is 9.83. The summed E-state index contributed by atoms with van der Waals surface area (Å²) in [4.78, 5) is 12.8. The zero-order valence-electron chi connectivity index (χ0n) is 23.0. The second-order valence-electron chi connectivity index (χ2n) is 11.7. The molecule has 202 valence electrons. The molecule has 0 bridgehead atoms. The van der Waals surface area contributed by atoms with Crippen molar-refractivity contribution in [2.75, 3.05) is 6.26 Å². The minimum atomic E-state index is -3.75. The third kappa shape index (κ3) is 7.34.